The Bertz CT molecular complexity index is 955. The van der Waals surface area contributed by atoms with Crippen LogP contribution in [0.3, 0.4) is 0 Å². The summed E-state index contributed by atoms with van der Waals surface area (Å²) >= 11 is 0. The Morgan fingerprint density at radius 3 is 2.33 bits per heavy atom. The number of carbonyl (C=O) groups is 1. The summed E-state index contributed by atoms with van der Waals surface area (Å²) in [6.07, 6.45) is 3.09. The summed E-state index contributed by atoms with van der Waals surface area (Å²) in [5.41, 5.74) is 3.89. The Labute approximate surface area is 178 Å². The second-order valence-corrected chi connectivity index (χ2v) is 7.96. The first kappa shape index (κ1) is 20.5. The van der Waals surface area contributed by atoms with Crippen molar-refractivity contribution in [2.24, 2.45) is 0 Å². The summed E-state index contributed by atoms with van der Waals surface area (Å²) in [4.78, 5) is 19.8. The van der Waals surface area contributed by atoms with Gasteiger partial charge in [-0.1, -0.05) is 66.7 Å². The fourth-order valence-corrected chi connectivity index (χ4v) is 3.92. The van der Waals surface area contributed by atoms with Crippen LogP contribution < -0.4 is 0 Å². The van der Waals surface area contributed by atoms with Crippen LogP contribution in [0.25, 0.3) is 0 Å². The molecule has 0 spiro atoms. The smallest absolute Gasteiger partial charge is 0.195 e. The molecule has 30 heavy (non-hydrogen) atoms. The van der Waals surface area contributed by atoms with Gasteiger partial charge in [0.05, 0.1) is 13.2 Å². The van der Waals surface area contributed by atoms with E-state index in [-0.39, 0.29) is 25.0 Å². The van der Waals surface area contributed by atoms with Crippen molar-refractivity contribution >= 4 is 5.78 Å². The minimum absolute atomic E-state index is 0.0000530. The largest absolute Gasteiger partial charge is 0.395 e. The SMILES string of the molecule is O=C(CN(CCO)C(Cc1ccccc1)c1ccccc1)c1cccc(C2CC2)n1. The molecule has 0 radical (unpaired) electrons. The minimum atomic E-state index is -0.00341. The molecular formula is C26H28N2O2. The number of ketones is 1. The monoisotopic (exact) mass is 400 g/mol. The molecule has 1 atom stereocenters. The van der Waals surface area contributed by atoms with E-state index >= 15 is 0 Å². The first-order valence-electron chi connectivity index (χ1n) is 10.7. The van der Waals surface area contributed by atoms with Gasteiger partial charge in [0.2, 0.25) is 0 Å². The number of aliphatic hydroxyl groups excluding tert-OH is 1. The van der Waals surface area contributed by atoms with E-state index in [1.165, 1.54) is 5.56 Å². The number of benzene rings is 2. The zero-order valence-corrected chi connectivity index (χ0v) is 17.2. The van der Waals surface area contributed by atoms with E-state index in [4.69, 9.17) is 0 Å². The maximum absolute atomic E-state index is 13.1. The van der Waals surface area contributed by atoms with Gasteiger partial charge in [-0.2, -0.15) is 0 Å². The van der Waals surface area contributed by atoms with Crippen LogP contribution in [0.2, 0.25) is 0 Å². The van der Waals surface area contributed by atoms with Gasteiger partial charge < -0.3 is 5.11 Å². The number of Topliss-reactive ketones (excluding diaryl/α,β-unsaturated/α-hetero) is 1. The van der Waals surface area contributed by atoms with Crippen molar-refractivity contribution in [1.29, 1.82) is 0 Å². The summed E-state index contributed by atoms with van der Waals surface area (Å²) in [7, 11) is 0. The summed E-state index contributed by atoms with van der Waals surface area (Å²) in [6, 6.07) is 26.3. The van der Waals surface area contributed by atoms with Crippen molar-refractivity contribution in [1.82, 2.24) is 9.88 Å². The standard InChI is InChI=1S/C26H28N2O2/c29-17-16-28(19-26(30)24-13-7-12-23(27-24)21-14-15-21)25(22-10-5-2-6-11-22)18-20-8-3-1-4-9-20/h1-13,21,25,29H,14-19H2. The van der Waals surface area contributed by atoms with Gasteiger partial charge in [-0.15, -0.1) is 0 Å². The highest BCUT2D eigenvalue weighted by atomic mass is 16.3. The molecule has 0 bridgehead atoms. The third-order valence-corrected chi connectivity index (χ3v) is 5.68. The maximum atomic E-state index is 13.1. The summed E-state index contributed by atoms with van der Waals surface area (Å²) in [5, 5.41) is 9.74. The van der Waals surface area contributed by atoms with Gasteiger partial charge in [0, 0.05) is 24.2 Å². The van der Waals surface area contributed by atoms with E-state index in [1.54, 1.807) is 6.07 Å². The average molecular weight is 401 g/mol. The summed E-state index contributed by atoms with van der Waals surface area (Å²) in [6.45, 7) is 0.662. The Morgan fingerprint density at radius 2 is 1.67 bits per heavy atom. The van der Waals surface area contributed by atoms with Gasteiger partial charge in [-0.25, -0.2) is 4.98 Å². The zero-order valence-electron chi connectivity index (χ0n) is 17.2. The highest BCUT2D eigenvalue weighted by Crippen LogP contribution is 2.38. The highest BCUT2D eigenvalue weighted by Gasteiger charge is 2.27. The fourth-order valence-electron chi connectivity index (χ4n) is 3.92. The average Bonchev–Trinajstić information content (AvgIpc) is 3.64. The van der Waals surface area contributed by atoms with Crippen LogP contribution in [-0.2, 0) is 6.42 Å². The van der Waals surface area contributed by atoms with Crippen LogP contribution in [0, 0.1) is 0 Å². The molecule has 154 valence electrons. The number of aliphatic hydroxyl groups is 1. The van der Waals surface area contributed by atoms with Crippen molar-refractivity contribution in [2.45, 2.75) is 31.2 Å². The van der Waals surface area contributed by atoms with Gasteiger partial charge in [0.25, 0.3) is 0 Å². The molecule has 0 aliphatic heterocycles. The second-order valence-electron chi connectivity index (χ2n) is 7.96. The van der Waals surface area contributed by atoms with E-state index in [0.29, 0.717) is 18.2 Å². The van der Waals surface area contributed by atoms with Gasteiger partial charge in [-0.3, -0.25) is 9.69 Å². The molecule has 1 heterocycles. The van der Waals surface area contributed by atoms with Crippen molar-refractivity contribution in [3.63, 3.8) is 0 Å². The maximum Gasteiger partial charge on any atom is 0.195 e. The quantitative estimate of drug-likeness (QED) is 0.512. The minimum Gasteiger partial charge on any atom is -0.395 e. The van der Waals surface area contributed by atoms with Crippen molar-refractivity contribution in [2.75, 3.05) is 19.7 Å². The van der Waals surface area contributed by atoms with E-state index in [2.05, 4.69) is 34.1 Å². The Morgan fingerprint density at radius 1 is 0.967 bits per heavy atom. The van der Waals surface area contributed by atoms with Crippen molar-refractivity contribution in [3.8, 4) is 0 Å². The van der Waals surface area contributed by atoms with Crippen LogP contribution in [0.5, 0.6) is 0 Å². The third kappa shape index (κ3) is 5.21. The molecule has 4 rings (SSSR count). The molecule has 1 N–H and O–H groups in total. The van der Waals surface area contributed by atoms with Crippen LogP contribution in [0.1, 0.15) is 52.1 Å². The molecular weight excluding hydrogens is 372 g/mol. The number of pyridine rings is 1. The number of nitrogens with zero attached hydrogens (tertiary/aromatic N) is 2. The number of rotatable bonds is 10. The summed E-state index contributed by atoms with van der Waals surface area (Å²) in [5.74, 6) is 0.515. The number of aromatic nitrogens is 1. The summed E-state index contributed by atoms with van der Waals surface area (Å²) < 4.78 is 0. The lowest BCUT2D eigenvalue weighted by Crippen LogP contribution is -2.37. The number of hydrogen-bond acceptors (Lipinski definition) is 4. The number of carbonyl (C=O) groups excluding carboxylic acids is 1. The van der Waals surface area contributed by atoms with Gasteiger partial charge >= 0.3 is 0 Å². The molecule has 1 aromatic heterocycles. The van der Waals surface area contributed by atoms with Crippen LogP contribution in [-0.4, -0.2) is 40.5 Å². The highest BCUT2D eigenvalue weighted by molar-refractivity contribution is 5.95. The molecule has 4 nitrogen and oxygen atoms in total. The van der Waals surface area contributed by atoms with E-state index in [9.17, 15) is 9.90 Å². The molecule has 3 aromatic rings. The molecule has 1 aliphatic rings. The van der Waals surface area contributed by atoms with Crippen LogP contribution in [0.4, 0.5) is 0 Å². The van der Waals surface area contributed by atoms with Crippen molar-refractivity contribution in [3.05, 3.63) is 101 Å². The topological polar surface area (TPSA) is 53.4 Å². The van der Waals surface area contributed by atoms with Crippen LogP contribution in [0.15, 0.2) is 78.9 Å². The first-order valence-corrected chi connectivity index (χ1v) is 10.7. The van der Waals surface area contributed by atoms with Crippen LogP contribution >= 0.6 is 0 Å². The third-order valence-electron chi connectivity index (χ3n) is 5.68. The van der Waals surface area contributed by atoms with E-state index < -0.39 is 0 Å². The van der Waals surface area contributed by atoms with Crippen molar-refractivity contribution < 1.29 is 9.90 Å². The fraction of sp³-hybridized carbons (Fsp3) is 0.308. The molecule has 2 aromatic carbocycles. The lowest BCUT2D eigenvalue weighted by atomic mass is 9.97. The lowest BCUT2D eigenvalue weighted by molar-refractivity contribution is 0.0852. The molecule has 1 fully saturated rings. The molecule has 0 amide bonds. The lowest BCUT2D eigenvalue weighted by Gasteiger charge is -2.31. The Hall–Kier alpha value is -2.82. The number of hydrogen-bond donors (Lipinski definition) is 1. The predicted octanol–water partition coefficient (Wildman–Crippen LogP) is 4.42. The second kappa shape index (κ2) is 9.79. The van der Waals surface area contributed by atoms with E-state index in [1.807, 2.05) is 48.5 Å². The molecule has 1 saturated carbocycles. The molecule has 4 heteroatoms. The van der Waals surface area contributed by atoms with Gasteiger partial charge in [-0.05, 0) is 42.5 Å². The predicted molar refractivity (Wildman–Crippen MR) is 119 cm³/mol. The first-order chi connectivity index (χ1) is 14.7. The van der Waals surface area contributed by atoms with E-state index in [0.717, 1.165) is 30.5 Å². The molecule has 0 saturated heterocycles. The molecule has 1 aliphatic carbocycles. The van der Waals surface area contributed by atoms with Gasteiger partial charge in [0.15, 0.2) is 5.78 Å². The Kier molecular flexibility index (Phi) is 6.67. The van der Waals surface area contributed by atoms with Gasteiger partial charge in [0.1, 0.15) is 5.69 Å². The Balaban J connectivity index is 1.58. The normalized spacial score (nSPS) is 14.6. The molecule has 1 unspecified atom stereocenters. The zero-order chi connectivity index (χ0) is 20.8.